The zero-order valence-electron chi connectivity index (χ0n) is 10.9. The average molecular weight is 303 g/mol. The zero-order valence-corrected chi connectivity index (χ0v) is 12.4. The van der Waals surface area contributed by atoms with Gasteiger partial charge in [-0.05, 0) is 49.8 Å². The fourth-order valence-electron chi connectivity index (χ4n) is 2.50. The summed E-state index contributed by atoms with van der Waals surface area (Å²) in [6.45, 7) is 0.913. The molecule has 106 valence electrons. The van der Waals surface area contributed by atoms with Crippen molar-refractivity contribution in [2.45, 2.75) is 44.2 Å². The highest BCUT2D eigenvalue weighted by atomic mass is 35.5. The van der Waals surface area contributed by atoms with Crippen LogP contribution in [0, 0.1) is 0 Å². The molecule has 2 atom stereocenters. The third kappa shape index (κ3) is 4.33. The highest BCUT2D eigenvalue weighted by Crippen LogP contribution is 2.28. The molecule has 0 bridgehead atoms. The maximum Gasteiger partial charge on any atom is 0.0595 e. The Morgan fingerprint density at radius 3 is 2.84 bits per heavy atom. The predicted octanol–water partition coefficient (Wildman–Crippen LogP) is 3.85. The third-order valence-corrected chi connectivity index (χ3v) is 4.33. The van der Waals surface area contributed by atoms with E-state index in [9.17, 15) is 0 Å². The van der Waals surface area contributed by atoms with E-state index in [0.717, 1.165) is 31.4 Å². The van der Waals surface area contributed by atoms with Crippen molar-refractivity contribution in [1.29, 1.82) is 0 Å². The summed E-state index contributed by atoms with van der Waals surface area (Å²) in [6, 6.07) is 5.76. The second kappa shape index (κ2) is 7.46. The fourth-order valence-corrected chi connectivity index (χ4v) is 2.80. The van der Waals surface area contributed by atoms with Crippen LogP contribution in [0.2, 0.25) is 10.0 Å². The number of benzene rings is 1. The van der Waals surface area contributed by atoms with Crippen LogP contribution < -0.4 is 11.3 Å². The minimum absolute atomic E-state index is 0.108. The summed E-state index contributed by atoms with van der Waals surface area (Å²) >= 11 is 12.0. The van der Waals surface area contributed by atoms with E-state index in [-0.39, 0.29) is 6.04 Å². The quantitative estimate of drug-likeness (QED) is 0.620. The fraction of sp³-hybridized carbons (Fsp3) is 0.571. The van der Waals surface area contributed by atoms with E-state index < -0.39 is 0 Å². The largest absolute Gasteiger partial charge is 0.378 e. The van der Waals surface area contributed by atoms with Gasteiger partial charge in [0.15, 0.2) is 0 Å². The van der Waals surface area contributed by atoms with E-state index in [4.69, 9.17) is 33.8 Å². The number of hydrogen-bond acceptors (Lipinski definition) is 3. The van der Waals surface area contributed by atoms with Gasteiger partial charge in [0.05, 0.1) is 16.1 Å². The molecular formula is C14H20Cl2N2O. The Labute approximate surface area is 124 Å². The van der Waals surface area contributed by atoms with Crippen molar-refractivity contribution in [2.24, 2.45) is 5.84 Å². The Morgan fingerprint density at radius 2 is 2.21 bits per heavy atom. The summed E-state index contributed by atoms with van der Waals surface area (Å²) in [5, 5.41) is 1.14. The topological polar surface area (TPSA) is 47.3 Å². The van der Waals surface area contributed by atoms with Crippen LogP contribution in [-0.2, 0) is 4.74 Å². The molecule has 1 aromatic carbocycles. The molecule has 0 amide bonds. The Morgan fingerprint density at radius 1 is 1.37 bits per heavy atom. The number of ether oxygens (including phenoxy) is 1. The van der Waals surface area contributed by atoms with Crippen molar-refractivity contribution in [2.75, 3.05) is 6.61 Å². The SMILES string of the molecule is NNC(CCCC1CCCO1)c1ccc(Cl)c(Cl)c1. The lowest BCUT2D eigenvalue weighted by Gasteiger charge is -2.18. The second-order valence-corrected chi connectivity index (χ2v) is 5.77. The van der Waals surface area contributed by atoms with Crippen molar-refractivity contribution in [3.05, 3.63) is 33.8 Å². The molecule has 0 aliphatic carbocycles. The van der Waals surface area contributed by atoms with E-state index >= 15 is 0 Å². The standard InChI is InChI=1S/C14H20Cl2N2O/c15-12-7-6-10(9-13(12)16)14(18-17)5-1-3-11-4-2-8-19-11/h6-7,9,11,14,18H,1-5,8,17H2. The van der Waals surface area contributed by atoms with Crippen molar-refractivity contribution < 1.29 is 4.74 Å². The first-order chi connectivity index (χ1) is 9.20. The Hall–Kier alpha value is -0.320. The third-order valence-electron chi connectivity index (χ3n) is 3.59. The van der Waals surface area contributed by atoms with Crippen LogP contribution in [0.4, 0.5) is 0 Å². The van der Waals surface area contributed by atoms with Crippen molar-refractivity contribution in [3.8, 4) is 0 Å². The summed E-state index contributed by atoms with van der Waals surface area (Å²) < 4.78 is 5.62. The molecule has 0 aromatic heterocycles. The zero-order chi connectivity index (χ0) is 13.7. The summed E-state index contributed by atoms with van der Waals surface area (Å²) in [5.74, 6) is 5.63. The van der Waals surface area contributed by atoms with Gasteiger partial charge in [0.1, 0.15) is 0 Å². The molecule has 1 heterocycles. The molecule has 1 fully saturated rings. The maximum atomic E-state index is 6.03. The monoisotopic (exact) mass is 302 g/mol. The van der Waals surface area contributed by atoms with Gasteiger partial charge in [-0.1, -0.05) is 29.3 Å². The molecule has 1 aliphatic rings. The molecule has 0 radical (unpaired) electrons. The number of nitrogens with two attached hydrogens (primary N) is 1. The highest BCUT2D eigenvalue weighted by Gasteiger charge is 2.17. The molecule has 2 unspecified atom stereocenters. The minimum Gasteiger partial charge on any atom is -0.378 e. The number of hydrazine groups is 1. The number of halogens is 2. The maximum absolute atomic E-state index is 6.03. The van der Waals surface area contributed by atoms with Gasteiger partial charge in [0, 0.05) is 12.6 Å². The molecule has 1 aromatic rings. The van der Waals surface area contributed by atoms with Gasteiger partial charge < -0.3 is 4.74 Å². The Kier molecular flexibility index (Phi) is 5.92. The van der Waals surface area contributed by atoms with E-state index in [0.29, 0.717) is 16.1 Å². The normalized spacial score (nSPS) is 20.7. The van der Waals surface area contributed by atoms with Crippen molar-refractivity contribution in [1.82, 2.24) is 5.43 Å². The van der Waals surface area contributed by atoms with Crippen LogP contribution in [0.5, 0.6) is 0 Å². The Balaban J connectivity index is 1.86. The van der Waals surface area contributed by atoms with Crippen LogP contribution in [0.3, 0.4) is 0 Å². The molecule has 1 saturated heterocycles. The Bertz CT molecular complexity index is 408. The van der Waals surface area contributed by atoms with Gasteiger partial charge in [-0.25, -0.2) is 0 Å². The van der Waals surface area contributed by atoms with Gasteiger partial charge in [0.2, 0.25) is 0 Å². The molecule has 3 nitrogen and oxygen atoms in total. The lowest BCUT2D eigenvalue weighted by atomic mass is 10.00. The van der Waals surface area contributed by atoms with Crippen LogP contribution in [-0.4, -0.2) is 12.7 Å². The van der Waals surface area contributed by atoms with Gasteiger partial charge in [-0.3, -0.25) is 11.3 Å². The number of hydrogen-bond donors (Lipinski definition) is 2. The number of nitrogens with one attached hydrogen (secondary N) is 1. The van der Waals surface area contributed by atoms with E-state index in [1.807, 2.05) is 18.2 Å². The molecule has 2 rings (SSSR count). The lowest BCUT2D eigenvalue weighted by molar-refractivity contribution is 0.101. The number of rotatable bonds is 6. The molecule has 0 saturated carbocycles. The van der Waals surface area contributed by atoms with Gasteiger partial charge in [0.25, 0.3) is 0 Å². The molecule has 5 heteroatoms. The van der Waals surface area contributed by atoms with Crippen LogP contribution >= 0.6 is 23.2 Å². The minimum atomic E-state index is 0.108. The van der Waals surface area contributed by atoms with Crippen LogP contribution in [0.15, 0.2) is 18.2 Å². The first-order valence-electron chi connectivity index (χ1n) is 6.73. The highest BCUT2D eigenvalue weighted by molar-refractivity contribution is 6.42. The summed E-state index contributed by atoms with van der Waals surface area (Å²) in [6.07, 6.45) is 5.96. The first kappa shape index (κ1) is 15.1. The summed E-state index contributed by atoms with van der Waals surface area (Å²) in [4.78, 5) is 0. The molecular weight excluding hydrogens is 283 g/mol. The smallest absolute Gasteiger partial charge is 0.0595 e. The molecule has 0 spiro atoms. The van der Waals surface area contributed by atoms with Gasteiger partial charge in [-0.15, -0.1) is 0 Å². The molecule has 1 aliphatic heterocycles. The van der Waals surface area contributed by atoms with Crippen LogP contribution in [0.25, 0.3) is 0 Å². The second-order valence-electron chi connectivity index (χ2n) is 4.96. The van der Waals surface area contributed by atoms with E-state index in [1.54, 1.807) is 0 Å². The first-order valence-corrected chi connectivity index (χ1v) is 7.49. The van der Waals surface area contributed by atoms with Crippen molar-refractivity contribution in [3.63, 3.8) is 0 Å². The van der Waals surface area contributed by atoms with Crippen LogP contribution in [0.1, 0.15) is 43.7 Å². The lowest BCUT2D eigenvalue weighted by Crippen LogP contribution is -2.28. The van der Waals surface area contributed by atoms with E-state index in [1.165, 1.54) is 12.8 Å². The van der Waals surface area contributed by atoms with Crippen molar-refractivity contribution >= 4 is 23.2 Å². The summed E-state index contributed by atoms with van der Waals surface area (Å²) in [5.41, 5.74) is 3.92. The summed E-state index contributed by atoms with van der Waals surface area (Å²) in [7, 11) is 0. The van der Waals surface area contributed by atoms with Gasteiger partial charge in [-0.2, -0.15) is 0 Å². The average Bonchev–Trinajstić information content (AvgIpc) is 2.91. The molecule has 19 heavy (non-hydrogen) atoms. The molecule has 3 N–H and O–H groups in total. The predicted molar refractivity (Wildman–Crippen MR) is 79.4 cm³/mol. The van der Waals surface area contributed by atoms with Gasteiger partial charge >= 0.3 is 0 Å². The van der Waals surface area contributed by atoms with E-state index in [2.05, 4.69) is 5.43 Å².